The molecule has 0 aliphatic carbocycles. The fourth-order valence-electron chi connectivity index (χ4n) is 2.90. The zero-order chi connectivity index (χ0) is 22.2. The lowest BCUT2D eigenvalue weighted by Gasteiger charge is -2.15. The predicted molar refractivity (Wildman–Crippen MR) is 116 cm³/mol. The van der Waals surface area contributed by atoms with Gasteiger partial charge in [-0.2, -0.15) is 0 Å². The van der Waals surface area contributed by atoms with Crippen LogP contribution in [0.4, 0.5) is 11.4 Å². The fourth-order valence-corrected chi connectivity index (χ4v) is 2.90. The highest BCUT2D eigenvalue weighted by Gasteiger charge is 2.22. The van der Waals surface area contributed by atoms with Crippen molar-refractivity contribution in [2.45, 2.75) is 25.9 Å². The minimum absolute atomic E-state index is 0.173. The smallest absolute Gasteiger partial charge is 0.321 e. The van der Waals surface area contributed by atoms with Gasteiger partial charge >= 0.3 is 5.97 Å². The molecule has 0 bridgehead atoms. The van der Waals surface area contributed by atoms with Crippen molar-refractivity contribution in [1.29, 1.82) is 0 Å². The summed E-state index contributed by atoms with van der Waals surface area (Å²) in [6.45, 7) is 2.12. The molecule has 0 fully saturated rings. The van der Waals surface area contributed by atoms with Crippen LogP contribution in [-0.2, 0) is 16.1 Å². The Morgan fingerprint density at radius 3 is 2.39 bits per heavy atom. The predicted octanol–water partition coefficient (Wildman–Crippen LogP) is 3.41. The zero-order valence-corrected chi connectivity index (χ0v) is 16.9. The molecule has 8 heteroatoms. The molecule has 0 radical (unpaired) electrons. The maximum atomic E-state index is 12.7. The summed E-state index contributed by atoms with van der Waals surface area (Å²) in [5.41, 5.74) is 2.27. The molecule has 3 rings (SSSR count). The summed E-state index contributed by atoms with van der Waals surface area (Å²) in [4.78, 5) is 36.7. The first kappa shape index (κ1) is 21.8. The molecule has 4 N–H and O–H groups in total. The second-order valence-electron chi connectivity index (χ2n) is 6.97. The summed E-state index contributed by atoms with van der Waals surface area (Å²) in [5, 5.41) is 17.6. The number of carboxylic acids is 1. The number of anilines is 2. The highest BCUT2D eigenvalue weighted by molar-refractivity contribution is 6.10. The van der Waals surface area contributed by atoms with E-state index in [4.69, 9.17) is 4.42 Å². The maximum absolute atomic E-state index is 12.7. The lowest BCUT2D eigenvalue weighted by atomic mass is 10.1. The topological polar surface area (TPSA) is 121 Å². The number of amides is 2. The quantitative estimate of drug-likeness (QED) is 0.420. The van der Waals surface area contributed by atoms with Crippen molar-refractivity contribution in [2.24, 2.45) is 0 Å². The Labute approximate surface area is 179 Å². The first-order valence-corrected chi connectivity index (χ1v) is 9.68. The number of carbonyl (C=O) groups excluding carboxylic acids is 2. The number of hydrogen-bond donors (Lipinski definition) is 4. The number of nitrogens with one attached hydrogen (secondary N) is 3. The first-order valence-electron chi connectivity index (χ1n) is 9.68. The van der Waals surface area contributed by atoms with Crippen LogP contribution in [0.1, 0.15) is 28.1 Å². The molecule has 0 aliphatic heterocycles. The second kappa shape index (κ2) is 10.2. The van der Waals surface area contributed by atoms with Crippen LogP contribution in [0.3, 0.4) is 0 Å². The van der Waals surface area contributed by atoms with E-state index in [9.17, 15) is 19.5 Å². The Hall–Kier alpha value is -3.91. The van der Waals surface area contributed by atoms with Gasteiger partial charge in [-0.25, -0.2) is 0 Å². The number of benzene rings is 2. The summed E-state index contributed by atoms with van der Waals surface area (Å²) < 4.78 is 5.16. The maximum Gasteiger partial charge on any atom is 0.321 e. The summed E-state index contributed by atoms with van der Waals surface area (Å²) in [7, 11) is 0. The van der Waals surface area contributed by atoms with Gasteiger partial charge in [-0.15, -0.1) is 0 Å². The minimum Gasteiger partial charge on any atom is -0.480 e. The first-order chi connectivity index (χ1) is 14.9. The van der Waals surface area contributed by atoms with E-state index in [0.29, 0.717) is 17.1 Å². The van der Waals surface area contributed by atoms with E-state index in [2.05, 4.69) is 16.0 Å². The number of aryl methyl sites for hydroxylation is 1. The third-order valence-electron chi connectivity index (χ3n) is 4.55. The Morgan fingerprint density at radius 1 is 0.968 bits per heavy atom. The van der Waals surface area contributed by atoms with Crippen LogP contribution in [-0.4, -0.2) is 28.9 Å². The molecule has 0 unspecified atom stereocenters. The van der Waals surface area contributed by atoms with Gasteiger partial charge in [0.25, 0.3) is 5.91 Å². The average Bonchev–Trinajstić information content (AvgIpc) is 3.26. The normalized spacial score (nSPS) is 11.5. The second-order valence-corrected chi connectivity index (χ2v) is 6.97. The van der Waals surface area contributed by atoms with Crippen LogP contribution in [0.5, 0.6) is 0 Å². The van der Waals surface area contributed by atoms with E-state index in [-0.39, 0.29) is 24.4 Å². The van der Waals surface area contributed by atoms with E-state index in [1.54, 1.807) is 48.5 Å². The average molecular weight is 421 g/mol. The van der Waals surface area contributed by atoms with E-state index in [1.807, 2.05) is 19.1 Å². The molecule has 1 heterocycles. The molecule has 1 atom stereocenters. The summed E-state index contributed by atoms with van der Waals surface area (Å²) in [5.74, 6) is -1.52. The van der Waals surface area contributed by atoms with Crippen molar-refractivity contribution in [3.8, 4) is 0 Å². The SMILES string of the molecule is Cc1ccc(NC(=O)c2ccccc2NC(=O)C[C@H](NCc2ccco2)C(=O)O)cc1. The Morgan fingerprint density at radius 2 is 1.71 bits per heavy atom. The number of para-hydroxylation sites is 1. The monoisotopic (exact) mass is 421 g/mol. The molecule has 0 spiro atoms. The van der Waals surface area contributed by atoms with Crippen LogP contribution in [0, 0.1) is 6.92 Å². The number of carboxylic acid groups (broad SMARTS) is 1. The summed E-state index contributed by atoms with van der Waals surface area (Å²) >= 11 is 0. The van der Waals surface area contributed by atoms with E-state index >= 15 is 0 Å². The van der Waals surface area contributed by atoms with E-state index in [0.717, 1.165) is 5.56 Å². The summed E-state index contributed by atoms with van der Waals surface area (Å²) in [6, 6.07) is 16.2. The van der Waals surface area contributed by atoms with E-state index < -0.39 is 17.9 Å². The molecule has 0 saturated heterocycles. The third-order valence-corrected chi connectivity index (χ3v) is 4.55. The van der Waals surface area contributed by atoms with Crippen molar-refractivity contribution >= 4 is 29.2 Å². The standard InChI is InChI=1S/C23H23N3O5/c1-15-8-10-16(11-9-15)25-22(28)18-6-2-3-7-19(18)26-21(27)13-20(23(29)30)24-14-17-5-4-12-31-17/h2-12,20,24H,13-14H2,1H3,(H,25,28)(H,26,27)(H,29,30)/t20-/m0/s1. The van der Waals surface area contributed by atoms with Gasteiger partial charge in [0, 0.05) is 5.69 Å². The number of furan rings is 1. The van der Waals surface area contributed by atoms with Crippen LogP contribution < -0.4 is 16.0 Å². The largest absolute Gasteiger partial charge is 0.480 e. The van der Waals surface area contributed by atoms with Gasteiger partial charge < -0.3 is 20.2 Å². The van der Waals surface area contributed by atoms with Gasteiger partial charge in [-0.05, 0) is 43.3 Å². The van der Waals surface area contributed by atoms with Crippen molar-refractivity contribution in [3.05, 3.63) is 83.8 Å². The molecule has 0 aliphatic rings. The van der Waals surface area contributed by atoms with Crippen molar-refractivity contribution in [2.75, 3.05) is 10.6 Å². The van der Waals surface area contributed by atoms with Crippen molar-refractivity contribution < 1.29 is 23.9 Å². The van der Waals surface area contributed by atoms with Crippen LogP contribution >= 0.6 is 0 Å². The van der Waals surface area contributed by atoms with Gasteiger partial charge in [0.05, 0.1) is 30.5 Å². The number of hydrogen-bond acceptors (Lipinski definition) is 5. The Balaban J connectivity index is 1.64. The molecule has 0 saturated carbocycles. The third kappa shape index (κ3) is 6.28. The molecule has 2 aromatic carbocycles. The fraction of sp³-hybridized carbons (Fsp3) is 0.174. The minimum atomic E-state index is -1.16. The van der Waals surface area contributed by atoms with Gasteiger partial charge in [0.15, 0.2) is 0 Å². The van der Waals surface area contributed by atoms with Crippen LogP contribution in [0.15, 0.2) is 71.3 Å². The molecule has 3 aromatic rings. The lowest BCUT2D eigenvalue weighted by molar-refractivity contribution is -0.141. The highest BCUT2D eigenvalue weighted by Crippen LogP contribution is 2.18. The molecule has 1 aromatic heterocycles. The van der Waals surface area contributed by atoms with Crippen molar-refractivity contribution in [3.63, 3.8) is 0 Å². The van der Waals surface area contributed by atoms with Crippen molar-refractivity contribution in [1.82, 2.24) is 5.32 Å². The molecule has 31 heavy (non-hydrogen) atoms. The zero-order valence-electron chi connectivity index (χ0n) is 16.9. The van der Waals surface area contributed by atoms with Gasteiger partial charge in [0.1, 0.15) is 11.8 Å². The molecule has 2 amide bonds. The molecule has 8 nitrogen and oxygen atoms in total. The number of aliphatic carboxylic acids is 1. The Kier molecular flexibility index (Phi) is 7.18. The number of carbonyl (C=O) groups is 3. The van der Waals surface area contributed by atoms with Gasteiger partial charge in [-0.1, -0.05) is 29.8 Å². The molecule has 160 valence electrons. The summed E-state index contributed by atoms with van der Waals surface area (Å²) in [6.07, 6.45) is 1.17. The molecular formula is C23H23N3O5. The lowest BCUT2D eigenvalue weighted by Crippen LogP contribution is -2.39. The van der Waals surface area contributed by atoms with Gasteiger partial charge in [0.2, 0.25) is 5.91 Å². The Bertz CT molecular complexity index is 1050. The van der Waals surface area contributed by atoms with Crippen LogP contribution in [0.2, 0.25) is 0 Å². The van der Waals surface area contributed by atoms with Crippen LogP contribution in [0.25, 0.3) is 0 Å². The highest BCUT2D eigenvalue weighted by atomic mass is 16.4. The van der Waals surface area contributed by atoms with Gasteiger partial charge in [-0.3, -0.25) is 19.7 Å². The number of rotatable bonds is 9. The van der Waals surface area contributed by atoms with E-state index in [1.165, 1.54) is 6.26 Å². The molecular weight excluding hydrogens is 398 g/mol.